The van der Waals surface area contributed by atoms with Crippen LogP contribution in [0.3, 0.4) is 0 Å². The molecule has 3 aliphatic heterocycles. The second-order valence-corrected chi connectivity index (χ2v) is 7.23. The molecule has 0 aliphatic carbocycles. The largest absolute Gasteiger partial charge is 0.497 e. The molecule has 3 fully saturated rings. The molecule has 1 amide bonds. The van der Waals surface area contributed by atoms with Crippen LogP contribution in [0.2, 0.25) is 0 Å². The summed E-state index contributed by atoms with van der Waals surface area (Å²) in [5, 5.41) is 2.84. The summed E-state index contributed by atoms with van der Waals surface area (Å²) in [5.41, 5.74) is 1.85. The summed E-state index contributed by atoms with van der Waals surface area (Å²) in [5.74, 6) is 1.12. The number of hydrogen-bond acceptors (Lipinski definition) is 5. The lowest BCUT2D eigenvalue weighted by molar-refractivity contribution is -0.0741. The van der Waals surface area contributed by atoms with Crippen molar-refractivity contribution in [2.45, 2.75) is 31.4 Å². The maximum atomic E-state index is 12.5. The third kappa shape index (κ3) is 4.06. The van der Waals surface area contributed by atoms with Gasteiger partial charge in [0.1, 0.15) is 11.9 Å². The molecule has 2 atom stereocenters. The lowest BCUT2D eigenvalue weighted by Gasteiger charge is -2.50. The maximum Gasteiger partial charge on any atom is 0.411 e. The molecule has 0 saturated carbocycles. The maximum absolute atomic E-state index is 12.5. The molecule has 3 aliphatic rings. The quantitative estimate of drug-likeness (QED) is 0.878. The molecule has 2 unspecified atom stereocenters. The predicted molar refractivity (Wildman–Crippen MR) is 103 cm³/mol. The van der Waals surface area contributed by atoms with Gasteiger partial charge in [-0.2, -0.15) is 0 Å². The van der Waals surface area contributed by atoms with Gasteiger partial charge in [-0.1, -0.05) is 12.1 Å². The topological polar surface area (TPSA) is 63.7 Å². The van der Waals surface area contributed by atoms with Gasteiger partial charge < -0.3 is 9.47 Å². The van der Waals surface area contributed by atoms with E-state index in [1.54, 1.807) is 19.4 Å². The Bertz CT molecular complexity index is 775. The number of rotatable bonds is 5. The normalized spacial score (nSPS) is 26.4. The summed E-state index contributed by atoms with van der Waals surface area (Å²) in [4.78, 5) is 19.2. The van der Waals surface area contributed by atoms with Gasteiger partial charge in [0.25, 0.3) is 0 Å². The minimum Gasteiger partial charge on any atom is -0.497 e. The van der Waals surface area contributed by atoms with Crippen molar-refractivity contribution in [3.05, 3.63) is 54.4 Å². The fourth-order valence-corrected chi connectivity index (χ4v) is 4.25. The highest BCUT2D eigenvalue weighted by Crippen LogP contribution is 2.36. The highest BCUT2D eigenvalue weighted by Gasteiger charge is 2.44. The Labute approximate surface area is 159 Å². The fourth-order valence-electron chi connectivity index (χ4n) is 4.25. The molecule has 2 aromatic rings. The van der Waals surface area contributed by atoms with E-state index in [1.165, 1.54) is 5.56 Å². The Morgan fingerprint density at radius 3 is 2.85 bits per heavy atom. The molecule has 2 bridgehead atoms. The Morgan fingerprint density at radius 2 is 2.11 bits per heavy atom. The van der Waals surface area contributed by atoms with E-state index in [0.717, 1.165) is 32.4 Å². The van der Waals surface area contributed by atoms with E-state index in [4.69, 9.17) is 9.47 Å². The zero-order chi connectivity index (χ0) is 18.6. The minimum absolute atomic E-state index is 0.0988. The van der Waals surface area contributed by atoms with E-state index in [0.29, 0.717) is 17.4 Å². The number of ether oxygens (including phenoxy) is 2. The number of anilines is 1. The van der Waals surface area contributed by atoms with Crippen molar-refractivity contribution < 1.29 is 14.3 Å². The van der Waals surface area contributed by atoms with Crippen molar-refractivity contribution in [3.63, 3.8) is 0 Å². The van der Waals surface area contributed by atoms with E-state index in [9.17, 15) is 4.79 Å². The molecule has 3 saturated heterocycles. The van der Waals surface area contributed by atoms with Gasteiger partial charge in [-0.15, -0.1) is 0 Å². The Balaban J connectivity index is 1.45. The number of benzene rings is 1. The Hall–Kier alpha value is -2.60. The first-order chi connectivity index (χ1) is 13.2. The molecule has 6 nitrogen and oxygen atoms in total. The summed E-state index contributed by atoms with van der Waals surface area (Å²) < 4.78 is 11.1. The average Bonchev–Trinajstić information content (AvgIpc) is 2.71. The summed E-state index contributed by atoms with van der Waals surface area (Å²) in [6, 6.07) is 11.5. The van der Waals surface area contributed by atoms with Crippen molar-refractivity contribution in [2.75, 3.05) is 25.5 Å². The van der Waals surface area contributed by atoms with Gasteiger partial charge in [0.2, 0.25) is 0 Å². The van der Waals surface area contributed by atoms with Gasteiger partial charge in [-0.05, 0) is 56.1 Å². The average molecular weight is 367 g/mol. The van der Waals surface area contributed by atoms with Crippen molar-refractivity contribution in [2.24, 2.45) is 5.92 Å². The predicted octanol–water partition coefficient (Wildman–Crippen LogP) is 3.34. The van der Waals surface area contributed by atoms with Crippen LogP contribution in [0.5, 0.6) is 5.75 Å². The van der Waals surface area contributed by atoms with Gasteiger partial charge in [-0.25, -0.2) is 4.79 Å². The summed E-state index contributed by atoms with van der Waals surface area (Å²) in [6.45, 7) is 2.15. The van der Waals surface area contributed by atoms with E-state index in [2.05, 4.69) is 21.3 Å². The highest BCUT2D eigenvalue weighted by molar-refractivity contribution is 5.85. The minimum atomic E-state index is -0.404. The van der Waals surface area contributed by atoms with Crippen LogP contribution >= 0.6 is 0 Å². The number of methoxy groups -OCH3 is 1. The number of piperidine rings is 3. The number of aromatic nitrogens is 1. The van der Waals surface area contributed by atoms with Crippen LogP contribution in [-0.2, 0) is 11.2 Å². The number of nitrogens with one attached hydrogen (secondary N) is 1. The van der Waals surface area contributed by atoms with E-state index < -0.39 is 6.09 Å². The van der Waals surface area contributed by atoms with Crippen LogP contribution in [0.15, 0.2) is 48.8 Å². The van der Waals surface area contributed by atoms with Gasteiger partial charge in [-0.3, -0.25) is 15.2 Å². The molecule has 0 spiro atoms. The van der Waals surface area contributed by atoms with Crippen LogP contribution < -0.4 is 10.1 Å². The lowest BCUT2D eigenvalue weighted by atomic mass is 9.78. The van der Waals surface area contributed by atoms with Crippen LogP contribution in [-0.4, -0.2) is 48.3 Å². The second-order valence-electron chi connectivity index (χ2n) is 7.23. The number of nitrogens with zero attached hydrogens (tertiary/aromatic N) is 2. The van der Waals surface area contributed by atoms with E-state index in [1.807, 2.05) is 30.5 Å². The van der Waals surface area contributed by atoms with E-state index in [-0.39, 0.29) is 12.1 Å². The second kappa shape index (κ2) is 7.96. The molecular weight excluding hydrogens is 342 g/mol. The first-order valence-electron chi connectivity index (χ1n) is 9.47. The zero-order valence-corrected chi connectivity index (χ0v) is 15.5. The summed E-state index contributed by atoms with van der Waals surface area (Å²) in [6.07, 6.45) is 6.20. The molecule has 0 radical (unpaired) electrons. The third-order valence-corrected chi connectivity index (χ3v) is 5.61. The third-order valence-electron chi connectivity index (χ3n) is 5.61. The first-order valence-corrected chi connectivity index (χ1v) is 9.47. The standard InChI is InChI=1S/C21H25N3O3/c1-26-18-6-2-5-17(13-18)23-21(25)27-20-16-7-10-24(11-8-16)19(20)12-15-4-3-9-22-14-15/h2-6,9,13-14,16,19-20H,7-8,10-12H2,1H3,(H,23,25). The monoisotopic (exact) mass is 367 g/mol. The smallest absolute Gasteiger partial charge is 0.411 e. The molecule has 1 aromatic heterocycles. The molecule has 1 aromatic carbocycles. The van der Waals surface area contributed by atoms with Gasteiger partial charge >= 0.3 is 6.09 Å². The number of carbonyl (C=O) groups excluding carboxylic acids is 1. The number of carbonyl (C=O) groups is 1. The number of hydrogen-bond donors (Lipinski definition) is 1. The molecule has 5 rings (SSSR count). The molecule has 27 heavy (non-hydrogen) atoms. The zero-order valence-electron chi connectivity index (χ0n) is 15.5. The molecule has 142 valence electrons. The van der Waals surface area contributed by atoms with Crippen molar-refractivity contribution >= 4 is 11.8 Å². The van der Waals surface area contributed by atoms with Crippen LogP contribution in [0.4, 0.5) is 10.5 Å². The summed E-state index contributed by atoms with van der Waals surface area (Å²) >= 11 is 0. The van der Waals surface area contributed by atoms with Gasteiger partial charge in [0.05, 0.1) is 13.2 Å². The molecule has 1 N–H and O–H groups in total. The van der Waals surface area contributed by atoms with Crippen LogP contribution in [0.25, 0.3) is 0 Å². The number of amides is 1. The number of fused-ring (bicyclic) bond motifs is 3. The Kier molecular flexibility index (Phi) is 5.25. The SMILES string of the molecule is COc1cccc(NC(=O)OC2C3CCN(CC3)C2Cc2cccnc2)c1. The van der Waals surface area contributed by atoms with Crippen molar-refractivity contribution in [1.29, 1.82) is 0 Å². The van der Waals surface area contributed by atoms with E-state index >= 15 is 0 Å². The number of pyridine rings is 1. The lowest BCUT2D eigenvalue weighted by Crippen LogP contribution is -2.60. The highest BCUT2D eigenvalue weighted by atomic mass is 16.6. The first kappa shape index (κ1) is 17.8. The van der Waals surface area contributed by atoms with Crippen LogP contribution in [0.1, 0.15) is 18.4 Å². The van der Waals surface area contributed by atoms with Gasteiger partial charge in [0.15, 0.2) is 0 Å². The van der Waals surface area contributed by atoms with Crippen molar-refractivity contribution in [3.8, 4) is 5.75 Å². The summed E-state index contributed by atoms with van der Waals surface area (Å²) in [7, 11) is 1.60. The Morgan fingerprint density at radius 1 is 1.26 bits per heavy atom. The fraction of sp³-hybridized carbons (Fsp3) is 0.429. The molecular formula is C21H25N3O3. The van der Waals surface area contributed by atoms with Crippen LogP contribution in [0, 0.1) is 5.92 Å². The van der Waals surface area contributed by atoms with Crippen molar-refractivity contribution in [1.82, 2.24) is 9.88 Å². The molecule has 6 heteroatoms. The van der Waals surface area contributed by atoms with Gasteiger partial charge in [0, 0.05) is 30.1 Å². The molecule has 4 heterocycles.